The Hall–Kier alpha value is -4.52. The standard InChI is InChI=1S/C26H22N6O/c1-18(19-8-4-2-5-9-19)29-24-15-27-16-25(31-24)32-17-28-22-14-20(12-13-23(22)32)26(33)30-21-10-6-3-7-11-21/h2-18H,1H3,(H,29,31)(H,30,33)/t18-/m0/s1. The number of anilines is 2. The summed E-state index contributed by atoms with van der Waals surface area (Å²) >= 11 is 0. The zero-order valence-corrected chi connectivity index (χ0v) is 18.0. The van der Waals surface area contributed by atoms with Gasteiger partial charge in [0.25, 0.3) is 5.91 Å². The minimum atomic E-state index is -0.182. The number of benzene rings is 3. The highest BCUT2D eigenvalue weighted by Gasteiger charge is 2.12. The number of fused-ring (bicyclic) bond motifs is 1. The summed E-state index contributed by atoms with van der Waals surface area (Å²) < 4.78 is 1.86. The van der Waals surface area contributed by atoms with E-state index in [1.165, 1.54) is 5.56 Å². The lowest BCUT2D eigenvalue weighted by Crippen LogP contribution is -2.11. The van der Waals surface area contributed by atoms with Crippen molar-refractivity contribution in [3.05, 3.63) is 109 Å². The average Bonchev–Trinajstić information content (AvgIpc) is 3.29. The molecule has 2 heterocycles. The van der Waals surface area contributed by atoms with Crippen molar-refractivity contribution >= 4 is 28.4 Å². The number of nitrogens with zero attached hydrogens (tertiary/aromatic N) is 4. The number of nitrogens with one attached hydrogen (secondary N) is 2. The number of aromatic nitrogens is 4. The molecular formula is C26H22N6O. The third-order valence-corrected chi connectivity index (χ3v) is 5.37. The molecule has 2 aromatic heterocycles. The first kappa shape index (κ1) is 20.4. The van der Waals surface area contributed by atoms with Gasteiger partial charge in [-0.1, -0.05) is 48.5 Å². The van der Waals surface area contributed by atoms with Crippen LogP contribution in [-0.2, 0) is 0 Å². The molecule has 2 N–H and O–H groups in total. The predicted molar refractivity (Wildman–Crippen MR) is 130 cm³/mol. The molecule has 0 radical (unpaired) electrons. The van der Waals surface area contributed by atoms with Gasteiger partial charge in [-0.2, -0.15) is 0 Å². The number of rotatable bonds is 6. The van der Waals surface area contributed by atoms with Gasteiger partial charge in [0.1, 0.15) is 12.1 Å². The summed E-state index contributed by atoms with van der Waals surface area (Å²) in [5, 5.41) is 6.29. The molecule has 162 valence electrons. The van der Waals surface area contributed by atoms with Crippen molar-refractivity contribution in [2.75, 3.05) is 10.6 Å². The lowest BCUT2D eigenvalue weighted by Gasteiger charge is -2.15. The minimum absolute atomic E-state index is 0.0842. The quantitative estimate of drug-likeness (QED) is 0.382. The zero-order chi connectivity index (χ0) is 22.6. The van der Waals surface area contributed by atoms with Crippen molar-refractivity contribution in [3.8, 4) is 5.82 Å². The van der Waals surface area contributed by atoms with Crippen molar-refractivity contribution in [1.29, 1.82) is 0 Å². The summed E-state index contributed by atoms with van der Waals surface area (Å²) in [5.41, 5.74) is 3.99. The second-order valence-corrected chi connectivity index (χ2v) is 7.68. The number of carbonyl (C=O) groups is 1. The smallest absolute Gasteiger partial charge is 0.255 e. The third-order valence-electron chi connectivity index (χ3n) is 5.37. The molecule has 0 aliphatic heterocycles. The van der Waals surface area contributed by atoms with Crippen LogP contribution >= 0.6 is 0 Å². The fraction of sp³-hybridized carbons (Fsp3) is 0.0769. The second kappa shape index (κ2) is 8.92. The fourth-order valence-electron chi connectivity index (χ4n) is 3.65. The van der Waals surface area contributed by atoms with Crippen LogP contribution in [0.3, 0.4) is 0 Å². The Bertz CT molecular complexity index is 1400. The van der Waals surface area contributed by atoms with Crippen LogP contribution in [0.15, 0.2) is 97.6 Å². The molecule has 0 aliphatic rings. The van der Waals surface area contributed by atoms with Crippen molar-refractivity contribution < 1.29 is 4.79 Å². The molecule has 0 saturated heterocycles. The van der Waals surface area contributed by atoms with Crippen molar-refractivity contribution in [1.82, 2.24) is 19.5 Å². The van der Waals surface area contributed by atoms with Crippen molar-refractivity contribution in [2.24, 2.45) is 0 Å². The Balaban J connectivity index is 1.38. The third kappa shape index (κ3) is 4.43. The first-order valence-corrected chi connectivity index (χ1v) is 10.6. The van der Waals surface area contributed by atoms with Gasteiger partial charge >= 0.3 is 0 Å². The number of hydrogen-bond donors (Lipinski definition) is 2. The number of imidazole rings is 1. The molecule has 7 heteroatoms. The highest BCUT2D eigenvalue weighted by Crippen LogP contribution is 2.21. The molecule has 0 spiro atoms. The maximum atomic E-state index is 12.6. The van der Waals surface area contributed by atoms with Crippen LogP contribution in [-0.4, -0.2) is 25.4 Å². The Morgan fingerprint density at radius 2 is 1.70 bits per heavy atom. The first-order chi connectivity index (χ1) is 16.2. The molecule has 0 unspecified atom stereocenters. The molecule has 1 amide bonds. The molecule has 0 saturated carbocycles. The van der Waals surface area contributed by atoms with E-state index >= 15 is 0 Å². The molecule has 0 fully saturated rings. The normalized spacial score (nSPS) is 11.8. The maximum Gasteiger partial charge on any atom is 0.255 e. The Kier molecular flexibility index (Phi) is 5.51. The number of hydrogen-bond acceptors (Lipinski definition) is 5. The van der Waals surface area contributed by atoms with Crippen LogP contribution in [0.5, 0.6) is 0 Å². The maximum absolute atomic E-state index is 12.6. The molecule has 5 aromatic rings. The number of carbonyl (C=O) groups excluding carboxylic acids is 1. The van der Waals surface area contributed by atoms with Crippen LogP contribution in [0, 0.1) is 0 Å². The summed E-state index contributed by atoms with van der Waals surface area (Å²) in [6.07, 6.45) is 5.08. The molecule has 3 aromatic carbocycles. The summed E-state index contributed by atoms with van der Waals surface area (Å²) in [5.74, 6) is 1.13. The zero-order valence-electron chi connectivity index (χ0n) is 18.0. The van der Waals surface area contributed by atoms with Crippen molar-refractivity contribution in [3.63, 3.8) is 0 Å². The summed E-state index contributed by atoms with van der Waals surface area (Å²) in [6.45, 7) is 2.08. The van der Waals surface area contributed by atoms with Gasteiger partial charge in [0, 0.05) is 17.3 Å². The van der Waals surface area contributed by atoms with Crippen molar-refractivity contribution in [2.45, 2.75) is 13.0 Å². The minimum Gasteiger partial charge on any atom is -0.362 e. The van der Waals surface area contributed by atoms with Gasteiger partial charge in [-0.05, 0) is 42.8 Å². The molecule has 33 heavy (non-hydrogen) atoms. The lowest BCUT2D eigenvalue weighted by molar-refractivity contribution is 0.102. The largest absolute Gasteiger partial charge is 0.362 e. The van der Waals surface area contributed by atoms with Gasteiger partial charge < -0.3 is 10.6 Å². The van der Waals surface area contributed by atoms with E-state index in [-0.39, 0.29) is 11.9 Å². The van der Waals surface area contributed by atoms with E-state index in [4.69, 9.17) is 4.98 Å². The Morgan fingerprint density at radius 3 is 2.48 bits per heavy atom. The topological polar surface area (TPSA) is 84.7 Å². The van der Waals surface area contributed by atoms with Gasteiger partial charge in [0.05, 0.1) is 23.4 Å². The van der Waals surface area contributed by atoms with E-state index in [9.17, 15) is 4.79 Å². The fourth-order valence-corrected chi connectivity index (χ4v) is 3.65. The van der Waals surface area contributed by atoms with Crippen LogP contribution in [0.2, 0.25) is 0 Å². The monoisotopic (exact) mass is 434 g/mol. The summed E-state index contributed by atoms with van der Waals surface area (Å²) in [7, 11) is 0. The van der Waals surface area contributed by atoms with Crippen LogP contribution in [0.1, 0.15) is 28.9 Å². The van der Waals surface area contributed by atoms with Gasteiger partial charge in [-0.3, -0.25) is 14.3 Å². The SMILES string of the molecule is C[C@H](Nc1cncc(-n2cnc3cc(C(=O)Nc4ccccc4)ccc32)n1)c1ccccc1. The van der Waals surface area contributed by atoms with E-state index in [0.717, 1.165) is 11.2 Å². The van der Waals surface area contributed by atoms with Gasteiger partial charge in [-0.25, -0.2) is 9.97 Å². The van der Waals surface area contributed by atoms with Crippen LogP contribution in [0.4, 0.5) is 11.5 Å². The predicted octanol–water partition coefficient (Wildman–Crippen LogP) is 5.24. The lowest BCUT2D eigenvalue weighted by atomic mass is 10.1. The molecule has 5 rings (SSSR count). The van der Waals surface area contributed by atoms with E-state index < -0.39 is 0 Å². The van der Waals surface area contributed by atoms with Gasteiger partial charge in [0.2, 0.25) is 0 Å². The highest BCUT2D eigenvalue weighted by molar-refractivity contribution is 6.06. The Labute approximate surface area is 191 Å². The molecule has 0 aliphatic carbocycles. The summed E-state index contributed by atoms with van der Waals surface area (Å²) in [4.78, 5) is 26.2. The highest BCUT2D eigenvalue weighted by atomic mass is 16.1. The molecule has 7 nitrogen and oxygen atoms in total. The molecular weight excluding hydrogens is 412 g/mol. The van der Waals surface area contributed by atoms with Gasteiger partial charge in [0.15, 0.2) is 5.82 Å². The first-order valence-electron chi connectivity index (χ1n) is 10.6. The van der Waals surface area contributed by atoms with E-state index in [1.807, 2.05) is 59.2 Å². The van der Waals surface area contributed by atoms with Crippen LogP contribution in [0.25, 0.3) is 16.9 Å². The molecule has 0 bridgehead atoms. The molecule has 1 atom stereocenters. The van der Waals surface area contributed by atoms with E-state index in [0.29, 0.717) is 22.7 Å². The summed E-state index contributed by atoms with van der Waals surface area (Å²) in [6, 6.07) is 25.1. The van der Waals surface area contributed by atoms with Gasteiger partial charge in [-0.15, -0.1) is 0 Å². The average molecular weight is 435 g/mol. The van der Waals surface area contributed by atoms with E-state index in [1.54, 1.807) is 30.9 Å². The second-order valence-electron chi connectivity index (χ2n) is 7.68. The van der Waals surface area contributed by atoms with E-state index in [2.05, 4.69) is 39.7 Å². The van der Waals surface area contributed by atoms with Crippen LogP contribution < -0.4 is 10.6 Å². The number of amides is 1. The number of para-hydroxylation sites is 1. The Morgan fingerprint density at radius 1 is 0.939 bits per heavy atom.